The second-order valence-corrected chi connectivity index (χ2v) is 5.55. The van der Waals surface area contributed by atoms with E-state index in [-0.39, 0.29) is 6.10 Å². The van der Waals surface area contributed by atoms with Crippen molar-refractivity contribution >= 4 is 50.1 Å². The van der Waals surface area contributed by atoms with E-state index in [1.54, 1.807) is 0 Å². The van der Waals surface area contributed by atoms with Crippen LogP contribution in [-0.4, -0.2) is 6.61 Å². The zero-order valence-corrected chi connectivity index (χ0v) is 11.6. The number of hydrogen-bond acceptors (Lipinski definition) is 1. The molecule has 0 N–H and O–H groups in total. The average molecular weight is 385 g/mol. The number of halogens is 3. The van der Waals surface area contributed by atoms with Crippen LogP contribution in [0.5, 0.6) is 0 Å². The Morgan fingerprint density at radius 3 is 2.50 bits per heavy atom. The van der Waals surface area contributed by atoms with Crippen LogP contribution in [0.3, 0.4) is 0 Å². The van der Waals surface area contributed by atoms with Crippen LogP contribution in [0.4, 0.5) is 0 Å². The van der Waals surface area contributed by atoms with Crippen molar-refractivity contribution in [3.63, 3.8) is 0 Å². The fraction of sp³-hybridized carbons (Fsp3) is 0.200. The summed E-state index contributed by atoms with van der Waals surface area (Å²) >= 11 is 11.6. The minimum atomic E-state index is 0.0715. The zero-order chi connectivity index (χ0) is 10.1. The maximum Gasteiger partial charge on any atom is 0.115 e. The Morgan fingerprint density at radius 1 is 1.36 bits per heavy atom. The van der Waals surface area contributed by atoms with E-state index in [0.717, 1.165) is 15.1 Å². The summed E-state index contributed by atoms with van der Waals surface area (Å²) in [6.45, 7) is 0.658. The Hall–Kier alpha value is 0.420. The Balaban J connectivity index is 2.29. The van der Waals surface area contributed by atoms with Gasteiger partial charge in [0.25, 0.3) is 0 Å². The van der Waals surface area contributed by atoms with Crippen LogP contribution in [0.15, 0.2) is 32.3 Å². The van der Waals surface area contributed by atoms with E-state index in [9.17, 15) is 0 Å². The normalized spacial score (nSPS) is 21.8. The minimum absolute atomic E-state index is 0.0715. The van der Waals surface area contributed by atoms with E-state index in [1.165, 1.54) is 3.58 Å². The van der Waals surface area contributed by atoms with E-state index in [2.05, 4.69) is 38.5 Å². The summed E-state index contributed by atoms with van der Waals surface area (Å²) in [6.07, 6.45) is 0.0715. The summed E-state index contributed by atoms with van der Waals surface area (Å²) in [5.41, 5.74) is 1.15. The molecule has 1 aromatic carbocycles. The van der Waals surface area contributed by atoms with Crippen LogP contribution in [0, 0.1) is 0 Å². The van der Waals surface area contributed by atoms with Gasteiger partial charge in [-0.05, 0) is 40.3 Å². The first-order chi connectivity index (χ1) is 6.68. The molecule has 0 amide bonds. The molecule has 0 saturated carbocycles. The Bertz CT molecular complexity index is 374. The molecule has 14 heavy (non-hydrogen) atoms. The Kier molecular flexibility index (Phi) is 3.52. The third-order valence-electron chi connectivity index (χ3n) is 2.04. The number of ether oxygens (including phenoxy) is 1. The highest BCUT2D eigenvalue weighted by Crippen LogP contribution is 2.40. The van der Waals surface area contributed by atoms with Crippen molar-refractivity contribution in [2.24, 2.45) is 0 Å². The number of rotatable bonds is 1. The van der Waals surface area contributed by atoms with Crippen LogP contribution in [0.25, 0.3) is 0 Å². The summed E-state index contributed by atoms with van der Waals surface area (Å²) in [7, 11) is 0. The molecule has 1 aliphatic rings. The van der Waals surface area contributed by atoms with Crippen molar-refractivity contribution in [2.45, 2.75) is 6.10 Å². The zero-order valence-electron chi connectivity index (χ0n) is 7.14. The van der Waals surface area contributed by atoms with Crippen molar-refractivity contribution in [1.82, 2.24) is 0 Å². The molecule has 1 aromatic rings. The predicted molar refractivity (Wildman–Crippen MR) is 70.1 cm³/mol. The van der Waals surface area contributed by atoms with Gasteiger partial charge in [-0.25, -0.2) is 0 Å². The lowest BCUT2D eigenvalue weighted by molar-refractivity contribution is 0.128. The molecule has 1 heterocycles. The van der Waals surface area contributed by atoms with Crippen LogP contribution in [0.1, 0.15) is 11.7 Å². The molecular formula is C10H7BrClIO. The molecule has 0 bridgehead atoms. The van der Waals surface area contributed by atoms with E-state index < -0.39 is 0 Å². The molecule has 74 valence electrons. The van der Waals surface area contributed by atoms with Gasteiger partial charge >= 0.3 is 0 Å². The van der Waals surface area contributed by atoms with Gasteiger partial charge in [0.15, 0.2) is 0 Å². The minimum Gasteiger partial charge on any atom is -0.363 e. The van der Waals surface area contributed by atoms with Gasteiger partial charge in [0, 0.05) is 13.1 Å². The highest BCUT2D eigenvalue weighted by molar-refractivity contribution is 14.1. The fourth-order valence-corrected chi connectivity index (χ4v) is 2.48. The Labute approximate surface area is 110 Å². The summed E-state index contributed by atoms with van der Waals surface area (Å²) in [6, 6.07) is 7.77. The summed E-state index contributed by atoms with van der Waals surface area (Å²) in [4.78, 5) is 0. The van der Waals surface area contributed by atoms with Gasteiger partial charge in [-0.15, -0.1) is 0 Å². The first-order valence-corrected chi connectivity index (χ1v) is 6.34. The summed E-state index contributed by atoms with van der Waals surface area (Å²) in [5.74, 6) is 0. The molecule has 0 aromatic heterocycles. The quantitative estimate of drug-likeness (QED) is 0.649. The van der Waals surface area contributed by atoms with Crippen molar-refractivity contribution in [1.29, 1.82) is 0 Å². The van der Waals surface area contributed by atoms with Crippen molar-refractivity contribution in [2.75, 3.05) is 6.61 Å². The monoisotopic (exact) mass is 384 g/mol. The smallest absolute Gasteiger partial charge is 0.115 e. The lowest BCUT2D eigenvalue weighted by Crippen LogP contribution is -1.97. The SMILES string of the molecule is Clc1ccc(C2OCC(Br)=C2I)cc1. The lowest BCUT2D eigenvalue weighted by atomic mass is 10.1. The molecule has 0 saturated heterocycles. The van der Waals surface area contributed by atoms with Crippen LogP contribution >= 0.6 is 50.1 Å². The van der Waals surface area contributed by atoms with Gasteiger partial charge in [0.2, 0.25) is 0 Å². The van der Waals surface area contributed by atoms with Gasteiger partial charge in [-0.2, -0.15) is 0 Å². The number of hydrogen-bond donors (Lipinski definition) is 0. The Morgan fingerprint density at radius 2 is 2.00 bits per heavy atom. The van der Waals surface area contributed by atoms with Gasteiger partial charge in [-0.1, -0.05) is 39.7 Å². The summed E-state index contributed by atoms with van der Waals surface area (Å²) < 4.78 is 7.98. The van der Waals surface area contributed by atoms with Crippen LogP contribution < -0.4 is 0 Å². The molecule has 2 rings (SSSR count). The molecule has 1 nitrogen and oxygen atoms in total. The van der Waals surface area contributed by atoms with Crippen molar-refractivity contribution < 1.29 is 4.74 Å². The molecule has 0 radical (unpaired) electrons. The van der Waals surface area contributed by atoms with Crippen LogP contribution in [-0.2, 0) is 4.74 Å². The highest BCUT2D eigenvalue weighted by Gasteiger charge is 2.24. The molecular weight excluding hydrogens is 378 g/mol. The van der Waals surface area contributed by atoms with E-state index in [0.29, 0.717) is 6.61 Å². The molecule has 1 unspecified atom stereocenters. The first kappa shape index (κ1) is 10.9. The largest absolute Gasteiger partial charge is 0.363 e. The maximum absolute atomic E-state index is 5.82. The highest BCUT2D eigenvalue weighted by atomic mass is 127. The van der Waals surface area contributed by atoms with Crippen molar-refractivity contribution in [3.05, 3.63) is 42.9 Å². The second kappa shape index (κ2) is 4.51. The number of benzene rings is 1. The predicted octanol–water partition coefficient (Wildman–Crippen LogP) is 4.45. The van der Waals surface area contributed by atoms with Crippen molar-refractivity contribution in [3.8, 4) is 0 Å². The fourth-order valence-electron chi connectivity index (χ4n) is 1.32. The molecule has 0 fully saturated rings. The average Bonchev–Trinajstić information content (AvgIpc) is 2.50. The third-order valence-corrected chi connectivity index (χ3v) is 4.90. The maximum atomic E-state index is 5.82. The molecule has 0 spiro atoms. The topological polar surface area (TPSA) is 9.23 Å². The molecule has 4 heteroatoms. The lowest BCUT2D eigenvalue weighted by Gasteiger charge is -2.10. The van der Waals surface area contributed by atoms with Gasteiger partial charge in [0.1, 0.15) is 6.10 Å². The van der Waals surface area contributed by atoms with E-state index in [4.69, 9.17) is 16.3 Å². The van der Waals surface area contributed by atoms with E-state index >= 15 is 0 Å². The molecule has 1 atom stereocenters. The molecule has 1 aliphatic heterocycles. The molecule has 0 aliphatic carbocycles. The summed E-state index contributed by atoms with van der Waals surface area (Å²) in [5, 5.41) is 0.754. The third kappa shape index (κ3) is 2.15. The van der Waals surface area contributed by atoms with E-state index in [1.807, 2.05) is 24.3 Å². The standard InChI is InChI=1S/C10H7BrClIO/c11-8-5-14-10(9(8)13)6-1-3-7(12)4-2-6/h1-4,10H,5H2. The van der Waals surface area contributed by atoms with Gasteiger partial charge in [0.05, 0.1) is 6.61 Å². The second-order valence-electron chi connectivity index (χ2n) is 3.00. The van der Waals surface area contributed by atoms with Crippen LogP contribution in [0.2, 0.25) is 5.02 Å². The van der Waals surface area contributed by atoms with Gasteiger partial charge < -0.3 is 4.74 Å². The first-order valence-electron chi connectivity index (χ1n) is 4.09. The van der Waals surface area contributed by atoms with Gasteiger partial charge in [-0.3, -0.25) is 0 Å².